The van der Waals surface area contributed by atoms with E-state index in [-0.39, 0.29) is 13.2 Å². The summed E-state index contributed by atoms with van der Waals surface area (Å²) in [6.45, 7) is 2.20. The molecule has 0 bridgehead atoms. The zero-order valence-electron chi connectivity index (χ0n) is 8.65. The van der Waals surface area contributed by atoms with Crippen LogP contribution in [0.25, 0.3) is 0 Å². The van der Waals surface area contributed by atoms with Gasteiger partial charge in [0, 0.05) is 6.61 Å². The predicted octanol–water partition coefficient (Wildman–Crippen LogP) is 3.34. The van der Waals surface area contributed by atoms with E-state index in [2.05, 4.69) is 16.3 Å². The van der Waals surface area contributed by atoms with Crippen molar-refractivity contribution >= 4 is 11.6 Å². The molecule has 0 saturated carbocycles. The van der Waals surface area contributed by atoms with Crippen LogP contribution >= 0.6 is 11.6 Å². The van der Waals surface area contributed by atoms with Crippen LogP contribution in [0.2, 0.25) is 0 Å². The largest absolute Gasteiger partial charge is 0.401 e. The van der Waals surface area contributed by atoms with Crippen LogP contribution in [0, 0.1) is 0 Å². The Morgan fingerprint density at radius 2 is 1.87 bits per heavy atom. The molecule has 0 N–H and O–H groups in total. The Balaban J connectivity index is 3.31. The van der Waals surface area contributed by atoms with Crippen molar-refractivity contribution in [2.45, 2.75) is 37.9 Å². The average Bonchev–Trinajstić information content (AvgIpc) is 2.16. The summed E-state index contributed by atoms with van der Waals surface area (Å²) in [5.41, 5.74) is -2.82. The third-order valence-electron chi connectivity index (χ3n) is 1.67. The predicted molar refractivity (Wildman–Crippen MR) is 52.0 cm³/mol. The maximum atomic E-state index is 12.4. The number of halogens is 4. The lowest BCUT2D eigenvalue weighted by Crippen LogP contribution is -2.30. The fourth-order valence-corrected chi connectivity index (χ4v) is 0.919. The van der Waals surface area contributed by atoms with E-state index in [4.69, 9.17) is 4.74 Å². The molecule has 0 rings (SSSR count). The summed E-state index contributed by atoms with van der Waals surface area (Å²) >= 11 is 4.57. The summed E-state index contributed by atoms with van der Waals surface area (Å²) < 4.78 is 45.7. The van der Waals surface area contributed by atoms with Gasteiger partial charge in [0.25, 0.3) is 5.63 Å². The van der Waals surface area contributed by atoms with Gasteiger partial charge in [0.05, 0.1) is 13.2 Å². The van der Waals surface area contributed by atoms with Crippen LogP contribution in [0.3, 0.4) is 0 Å². The topological polar surface area (TPSA) is 18.5 Å². The van der Waals surface area contributed by atoms with Crippen LogP contribution in [0.1, 0.15) is 26.2 Å². The zero-order chi connectivity index (χ0) is 11.7. The molecule has 0 fully saturated rings. The first-order chi connectivity index (χ1) is 7.00. The zero-order valence-corrected chi connectivity index (χ0v) is 9.40. The molecule has 0 radical (unpaired) electrons. The Labute approximate surface area is 92.7 Å². The van der Waals surface area contributed by atoms with Crippen LogP contribution in [0.4, 0.5) is 13.2 Å². The molecular formula is C9H16ClF3O2. The van der Waals surface area contributed by atoms with Crippen LogP contribution in [-0.2, 0) is 9.47 Å². The Hall–Kier alpha value is -0.0000000000000000555. The number of hydrogen-bond acceptors (Lipinski definition) is 2. The highest BCUT2D eigenvalue weighted by molar-refractivity contribution is 6.20. The van der Waals surface area contributed by atoms with E-state index in [1.165, 1.54) is 0 Å². The highest BCUT2D eigenvalue weighted by Gasteiger charge is 2.40. The highest BCUT2D eigenvalue weighted by atomic mass is 35.5. The smallest absolute Gasteiger partial charge is 0.379 e. The lowest BCUT2D eigenvalue weighted by atomic mass is 10.3. The van der Waals surface area contributed by atoms with Crippen LogP contribution in [-0.4, -0.2) is 31.6 Å². The van der Waals surface area contributed by atoms with Crippen LogP contribution < -0.4 is 0 Å². The van der Waals surface area contributed by atoms with Gasteiger partial charge in [0.1, 0.15) is 0 Å². The van der Waals surface area contributed by atoms with E-state index in [0.717, 1.165) is 19.3 Å². The fourth-order valence-electron chi connectivity index (χ4n) is 0.856. The quantitative estimate of drug-likeness (QED) is 0.460. The van der Waals surface area contributed by atoms with Gasteiger partial charge in [-0.1, -0.05) is 31.4 Å². The first kappa shape index (κ1) is 15.0. The molecule has 0 saturated heterocycles. The molecule has 2 nitrogen and oxygen atoms in total. The van der Waals surface area contributed by atoms with Gasteiger partial charge in [-0.25, -0.2) is 4.39 Å². The van der Waals surface area contributed by atoms with E-state index in [1.54, 1.807) is 0 Å². The van der Waals surface area contributed by atoms with Crippen molar-refractivity contribution < 1.29 is 22.6 Å². The third kappa shape index (κ3) is 7.88. The fraction of sp³-hybridized carbons (Fsp3) is 1.00. The van der Waals surface area contributed by atoms with Gasteiger partial charge in [0.15, 0.2) is 0 Å². The standard InChI is InChI=1S/C9H16ClF3O2/c1-2-3-4-5-14-6-7-15-9(12,13)8(10)11/h8H,2-7H2,1H3. The van der Waals surface area contributed by atoms with Crippen molar-refractivity contribution in [3.8, 4) is 0 Å². The monoisotopic (exact) mass is 248 g/mol. The third-order valence-corrected chi connectivity index (χ3v) is 1.92. The maximum absolute atomic E-state index is 12.4. The second kappa shape index (κ2) is 8.19. The number of ether oxygens (including phenoxy) is 2. The molecule has 0 amide bonds. The van der Waals surface area contributed by atoms with Gasteiger partial charge < -0.3 is 9.47 Å². The molecule has 0 heterocycles. The molecule has 92 valence electrons. The number of unbranched alkanes of at least 4 members (excludes halogenated alkanes) is 2. The van der Waals surface area contributed by atoms with E-state index in [9.17, 15) is 13.2 Å². The van der Waals surface area contributed by atoms with Crippen molar-refractivity contribution in [1.29, 1.82) is 0 Å². The molecule has 15 heavy (non-hydrogen) atoms. The summed E-state index contributed by atoms with van der Waals surface area (Å²) in [7, 11) is 0. The molecule has 0 aliphatic heterocycles. The van der Waals surface area contributed by atoms with Gasteiger partial charge in [-0.2, -0.15) is 8.78 Å². The molecule has 0 aliphatic carbocycles. The molecular weight excluding hydrogens is 233 g/mol. The van der Waals surface area contributed by atoms with Crippen molar-refractivity contribution in [1.82, 2.24) is 0 Å². The first-order valence-corrected chi connectivity index (χ1v) is 5.32. The summed E-state index contributed by atoms with van der Waals surface area (Å²) in [5, 5.41) is 0. The van der Waals surface area contributed by atoms with E-state index in [0.29, 0.717) is 6.61 Å². The second-order valence-corrected chi connectivity index (χ2v) is 3.41. The highest BCUT2D eigenvalue weighted by Crippen LogP contribution is 2.25. The van der Waals surface area contributed by atoms with Crippen molar-refractivity contribution in [3.63, 3.8) is 0 Å². The SMILES string of the molecule is CCCCCOCCOC(F)(F)C(F)Cl. The van der Waals surface area contributed by atoms with Crippen LogP contribution in [0.15, 0.2) is 0 Å². The lowest BCUT2D eigenvalue weighted by molar-refractivity contribution is -0.260. The summed E-state index contributed by atoms with van der Waals surface area (Å²) in [4.78, 5) is 0. The Kier molecular flexibility index (Phi) is 8.19. The maximum Gasteiger partial charge on any atom is 0.401 e. The number of rotatable bonds is 9. The Bertz CT molecular complexity index is 156. The number of alkyl halides is 4. The van der Waals surface area contributed by atoms with Gasteiger partial charge in [-0.05, 0) is 6.42 Å². The minimum atomic E-state index is -3.94. The first-order valence-electron chi connectivity index (χ1n) is 4.88. The summed E-state index contributed by atoms with van der Waals surface area (Å²) in [6, 6.07) is 0. The molecule has 0 aromatic rings. The molecule has 1 atom stereocenters. The van der Waals surface area contributed by atoms with Crippen LogP contribution in [0.5, 0.6) is 0 Å². The molecule has 1 unspecified atom stereocenters. The molecule has 6 heteroatoms. The Morgan fingerprint density at radius 3 is 2.40 bits per heavy atom. The van der Waals surface area contributed by atoms with E-state index < -0.39 is 11.7 Å². The van der Waals surface area contributed by atoms with E-state index >= 15 is 0 Å². The molecule has 0 aromatic heterocycles. The summed E-state index contributed by atoms with van der Waals surface area (Å²) in [6.07, 6.45) is -0.957. The molecule has 0 spiro atoms. The normalized spacial score (nSPS) is 14.2. The van der Waals surface area contributed by atoms with Gasteiger partial charge in [-0.15, -0.1) is 0 Å². The molecule has 0 aliphatic rings. The van der Waals surface area contributed by atoms with E-state index in [1.807, 2.05) is 6.92 Å². The second-order valence-electron chi connectivity index (χ2n) is 3.03. The van der Waals surface area contributed by atoms with Crippen molar-refractivity contribution in [3.05, 3.63) is 0 Å². The van der Waals surface area contributed by atoms with Gasteiger partial charge >= 0.3 is 6.11 Å². The van der Waals surface area contributed by atoms with Gasteiger partial charge in [0.2, 0.25) is 0 Å². The molecule has 0 aromatic carbocycles. The average molecular weight is 249 g/mol. The van der Waals surface area contributed by atoms with Crippen molar-refractivity contribution in [2.24, 2.45) is 0 Å². The Morgan fingerprint density at radius 1 is 1.20 bits per heavy atom. The minimum absolute atomic E-state index is 0.0168. The van der Waals surface area contributed by atoms with Crippen molar-refractivity contribution in [2.75, 3.05) is 19.8 Å². The lowest BCUT2D eigenvalue weighted by Gasteiger charge is -2.16. The number of hydrogen-bond donors (Lipinski definition) is 0. The van der Waals surface area contributed by atoms with Gasteiger partial charge in [-0.3, -0.25) is 0 Å². The summed E-state index contributed by atoms with van der Waals surface area (Å²) in [5.74, 6) is 0. The minimum Gasteiger partial charge on any atom is -0.379 e.